The molecule has 3 nitrogen and oxygen atoms in total. The summed E-state index contributed by atoms with van der Waals surface area (Å²) < 4.78 is 0. The molecule has 3 heteroatoms. The summed E-state index contributed by atoms with van der Waals surface area (Å²) in [5.41, 5.74) is 2.30. The van der Waals surface area contributed by atoms with Crippen molar-refractivity contribution in [3.8, 4) is 0 Å². The van der Waals surface area contributed by atoms with Crippen LogP contribution in [0.5, 0.6) is 0 Å². The highest BCUT2D eigenvalue weighted by molar-refractivity contribution is 6.05. The van der Waals surface area contributed by atoms with Gasteiger partial charge in [-0.2, -0.15) is 0 Å². The number of oxime groups is 1. The van der Waals surface area contributed by atoms with Crippen molar-refractivity contribution in [2.75, 3.05) is 0 Å². The Bertz CT molecular complexity index is 542. The molecular weight excluding hydrogens is 260 g/mol. The zero-order valence-corrected chi connectivity index (χ0v) is 12.9. The molecule has 110 valence electrons. The molecule has 0 fully saturated rings. The number of pyridine rings is 1. The van der Waals surface area contributed by atoms with Crippen LogP contribution in [0.4, 0.5) is 0 Å². The van der Waals surface area contributed by atoms with Gasteiger partial charge in [-0.3, -0.25) is 4.98 Å². The molecule has 0 saturated carbocycles. The third-order valence-electron chi connectivity index (χ3n) is 4.09. The van der Waals surface area contributed by atoms with Crippen molar-refractivity contribution in [3.63, 3.8) is 0 Å². The SMILES string of the molecule is CCC1(C)C(c2ccccc2)=NOC1C.c1ccncc1. The molecule has 3 rings (SSSR count). The Balaban J connectivity index is 0.000000225. The van der Waals surface area contributed by atoms with Crippen LogP contribution in [0.15, 0.2) is 66.1 Å². The van der Waals surface area contributed by atoms with E-state index in [0.717, 1.165) is 12.1 Å². The number of benzene rings is 1. The maximum Gasteiger partial charge on any atom is 0.135 e. The zero-order chi connectivity index (χ0) is 15.1. The quantitative estimate of drug-likeness (QED) is 0.822. The van der Waals surface area contributed by atoms with E-state index in [1.54, 1.807) is 12.4 Å². The third kappa shape index (κ3) is 3.48. The number of hydrogen-bond acceptors (Lipinski definition) is 3. The molecule has 21 heavy (non-hydrogen) atoms. The summed E-state index contributed by atoms with van der Waals surface area (Å²) in [5, 5.41) is 4.23. The maximum atomic E-state index is 5.41. The fraction of sp³-hybridized carbons (Fsp3) is 0.333. The average Bonchev–Trinajstić information content (AvgIpc) is 2.87. The number of aromatic nitrogens is 1. The van der Waals surface area contributed by atoms with E-state index in [1.807, 2.05) is 36.4 Å². The minimum absolute atomic E-state index is 0.0430. The minimum Gasteiger partial charge on any atom is -0.392 e. The molecule has 0 saturated heterocycles. The molecule has 0 aliphatic carbocycles. The van der Waals surface area contributed by atoms with Crippen LogP contribution in [0.1, 0.15) is 32.8 Å². The number of nitrogens with zero attached hydrogens (tertiary/aromatic N) is 2. The lowest BCUT2D eigenvalue weighted by atomic mass is 9.76. The topological polar surface area (TPSA) is 34.5 Å². The largest absolute Gasteiger partial charge is 0.392 e. The number of rotatable bonds is 2. The lowest BCUT2D eigenvalue weighted by Gasteiger charge is -2.26. The van der Waals surface area contributed by atoms with Crippen molar-refractivity contribution in [2.24, 2.45) is 10.6 Å². The monoisotopic (exact) mass is 282 g/mol. The Morgan fingerprint density at radius 1 is 1.05 bits per heavy atom. The second-order valence-electron chi connectivity index (χ2n) is 5.35. The van der Waals surface area contributed by atoms with E-state index in [0.29, 0.717) is 0 Å². The van der Waals surface area contributed by atoms with E-state index in [-0.39, 0.29) is 11.5 Å². The summed E-state index contributed by atoms with van der Waals surface area (Å²) in [7, 11) is 0. The standard InChI is InChI=1S/C13H17NO.C5H5N/c1-4-13(3)10(2)15-14-12(13)11-8-6-5-7-9-11;1-2-4-6-5-3-1/h5-10H,4H2,1-3H3;1-5H. The van der Waals surface area contributed by atoms with Gasteiger partial charge in [0.05, 0.1) is 11.1 Å². The molecule has 0 spiro atoms. The van der Waals surface area contributed by atoms with Gasteiger partial charge in [-0.15, -0.1) is 0 Å². The molecule has 2 heterocycles. The highest BCUT2D eigenvalue weighted by Crippen LogP contribution is 2.37. The van der Waals surface area contributed by atoms with Crippen LogP contribution >= 0.6 is 0 Å². The molecule has 1 aromatic heterocycles. The Kier molecular flexibility index (Phi) is 5.09. The van der Waals surface area contributed by atoms with Gasteiger partial charge in [-0.1, -0.05) is 55.4 Å². The molecule has 1 aliphatic heterocycles. The van der Waals surface area contributed by atoms with Crippen molar-refractivity contribution in [3.05, 3.63) is 66.5 Å². The van der Waals surface area contributed by atoms with Crippen LogP contribution in [-0.2, 0) is 4.84 Å². The minimum atomic E-state index is 0.0430. The molecule has 0 radical (unpaired) electrons. The lowest BCUT2D eigenvalue weighted by molar-refractivity contribution is 0.0432. The highest BCUT2D eigenvalue weighted by atomic mass is 16.6. The molecule has 2 unspecified atom stereocenters. The maximum absolute atomic E-state index is 5.41. The van der Waals surface area contributed by atoms with E-state index >= 15 is 0 Å². The van der Waals surface area contributed by atoms with Crippen molar-refractivity contribution in [1.29, 1.82) is 0 Å². The molecule has 2 aromatic rings. The van der Waals surface area contributed by atoms with Crippen molar-refractivity contribution in [2.45, 2.75) is 33.3 Å². The average molecular weight is 282 g/mol. The van der Waals surface area contributed by atoms with E-state index < -0.39 is 0 Å². The van der Waals surface area contributed by atoms with Crippen LogP contribution in [-0.4, -0.2) is 16.8 Å². The van der Waals surface area contributed by atoms with Gasteiger partial charge >= 0.3 is 0 Å². The first-order valence-corrected chi connectivity index (χ1v) is 7.33. The Hall–Kier alpha value is -2.16. The first-order valence-electron chi connectivity index (χ1n) is 7.33. The van der Waals surface area contributed by atoms with E-state index in [4.69, 9.17) is 4.84 Å². The van der Waals surface area contributed by atoms with Crippen molar-refractivity contribution < 1.29 is 4.84 Å². The summed E-state index contributed by atoms with van der Waals surface area (Å²) >= 11 is 0. The van der Waals surface area contributed by atoms with Gasteiger partial charge < -0.3 is 4.84 Å². The Morgan fingerprint density at radius 2 is 1.67 bits per heavy atom. The summed E-state index contributed by atoms with van der Waals surface area (Å²) in [6, 6.07) is 16.0. The van der Waals surface area contributed by atoms with E-state index in [1.165, 1.54) is 5.56 Å². The second kappa shape index (κ2) is 7.02. The smallest absolute Gasteiger partial charge is 0.135 e. The highest BCUT2D eigenvalue weighted by Gasteiger charge is 2.42. The molecule has 0 N–H and O–H groups in total. The van der Waals surface area contributed by atoms with Gasteiger partial charge in [0, 0.05) is 18.0 Å². The predicted molar refractivity (Wildman–Crippen MR) is 86.2 cm³/mol. The first kappa shape index (κ1) is 15.2. The van der Waals surface area contributed by atoms with Gasteiger partial charge in [-0.25, -0.2) is 0 Å². The fourth-order valence-corrected chi connectivity index (χ4v) is 2.29. The first-order chi connectivity index (χ1) is 10.2. The fourth-order valence-electron chi connectivity index (χ4n) is 2.29. The molecule has 1 aromatic carbocycles. The van der Waals surface area contributed by atoms with Crippen LogP contribution in [0, 0.1) is 5.41 Å². The Labute approximate surface area is 126 Å². The van der Waals surface area contributed by atoms with Gasteiger partial charge in [0.2, 0.25) is 0 Å². The summed E-state index contributed by atoms with van der Waals surface area (Å²) in [5.74, 6) is 0. The summed E-state index contributed by atoms with van der Waals surface area (Å²) in [6.07, 6.45) is 4.71. The van der Waals surface area contributed by atoms with Crippen molar-refractivity contribution in [1.82, 2.24) is 4.98 Å². The van der Waals surface area contributed by atoms with E-state index in [9.17, 15) is 0 Å². The van der Waals surface area contributed by atoms with E-state index in [2.05, 4.69) is 43.0 Å². The van der Waals surface area contributed by atoms with Crippen LogP contribution in [0.3, 0.4) is 0 Å². The van der Waals surface area contributed by atoms with Crippen LogP contribution in [0.2, 0.25) is 0 Å². The predicted octanol–water partition coefficient (Wildman–Crippen LogP) is 4.31. The van der Waals surface area contributed by atoms with Gasteiger partial charge in [0.1, 0.15) is 6.10 Å². The van der Waals surface area contributed by atoms with Gasteiger partial charge in [0.25, 0.3) is 0 Å². The van der Waals surface area contributed by atoms with Crippen LogP contribution < -0.4 is 0 Å². The Morgan fingerprint density at radius 3 is 2.14 bits per heavy atom. The molecule has 2 atom stereocenters. The molecule has 0 amide bonds. The zero-order valence-electron chi connectivity index (χ0n) is 12.9. The van der Waals surface area contributed by atoms with Crippen molar-refractivity contribution >= 4 is 5.71 Å². The third-order valence-corrected chi connectivity index (χ3v) is 4.09. The summed E-state index contributed by atoms with van der Waals surface area (Å²) in [6.45, 7) is 6.49. The molecular formula is C18H22N2O. The van der Waals surface area contributed by atoms with Gasteiger partial charge in [0.15, 0.2) is 0 Å². The molecule has 1 aliphatic rings. The summed E-state index contributed by atoms with van der Waals surface area (Å²) in [4.78, 5) is 9.20. The lowest BCUT2D eigenvalue weighted by Crippen LogP contribution is -2.33. The van der Waals surface area contributed by atoms with Crippen LogP contribution in [0.25, 0.3) is 0 Å². The molecule has 0 bridgehead atoms. The second-order valence-corrected chi connectivity index (χ2v) is 5.35. The van der Waals surface area contributed by atoms with Gasteiger partial charge in [-0.05, 0) is 25.5 Å². The normalized spacial score (nSPS) is 23.6. The number of hydrogen-bond donors (Lipinski definition) is 0.